The van der Waals surface area contributed by atoms with E-state index in [9.17, 15) is 4.39 Å². The smallest absolute Gasteiger partial charge is 0.199 e. The van der Waals surface area contributed by atoms with Crippen LogP contribution in [0.25, 0.3) is 0 Å². The molecule has 1 aromatic rings. The highest BCUT2D eigenvalue weighted by molar-refractivity contribution is 5.60. The summed E-state index contributed by atoms with van der Waals surface area (Å²) in [4.78, 5) is 0. The third-order valence-electron chi connectivity index (χ3n) is 3.52. The third-order valence-corrected chi connectivity index (χ3v) is 3.52. The highest BCUT2D eigenvalue weighted by atomic mass is 19.1. The SMILES string of the molecule is Fc1ccc(OC2CCCCO2)c2c1NCCC2. The first-order valence-electron chi connectivity index (χ1n) is 6.68. The average molecular weight is 251 g/mol. The Morgan fingerprint density at radius 2 is 2.22 bits per heavy atom. The first kappa shape index (κ1) is 11.8. The Morgan fingerprint density at radius 1 is 1.28 bits per heavy atom. The van der Waals surface area contributed by atoms with Gasteiger partial charge in [-0.05, 0) is 37.8 Å². The molecule has 2 aliphatic rings. The van der Waals surface area contributed by atoms with Crippen LogP contribution in [0.5, 0.6) is 5.75 Å². The number of hydrogen-bond donors (Lipinski definition) is 1. The normalized spacial score (nSPS) is 23.1. The van der Waals surface area contributed by atoms with E-state index < -0.39 is 0 Å². The van der Waals surface area contributed by atoms with Crippen molar-refractivity contribution in [3.63, 3.8) is 0 Å². The van der Waals surface area contributed by atoms with Gasteiger partial charge in [-0.25, -0.2) is 4.39 Å². The van der Waals surface area contributed by atoms with Crippen LogP contribution in [0.4, 0.5) is 10.1 Å². The number of hydrogen-bond acceptors (Lipinski definition) is 3. The van der Waals surface area contributed by atoms with Crippen molar-refractivity contribution in [1.82, 2.24) is 0 Å². The zero-order valence-electron chi connectivity index (χ0n) is 10.4. The molecule has 1 unspecified atom stereocenters. The molecule has 0 bridgehead atoms. The Labute approximate surface area is 106 Å². The fraction of sp³-hybridized carbons (Fsp3) is 0.571. The minimum Gasteiger partial charge on any atom is -0.465 e. The molecule has 18 heavy (non-hydrogen) atoms. The Bertz CT molecular complexity index is 430. The largest absolute Gasteiger partial charge is 0.465 e. The van der Waals surface area contributed by atoms with E-state index in [1.807, 2.05) is 0 Å². The molecular formula is C14H18FNO2. The van der Waals surface area contributed by atoms with Crippen LogP contribution >= 0.6 is 0 Å². The number of ether oxygens (including phenoxy) is 2. The van der Waals surface area contributed by atoms with E-state index >= 15 is 0 Å². The lowest BCUT2D eigenvalue weighted by molar-refractivity contribution is -0.106. The Hall–Kier alpha value is -1.29. The molecule has 1 N–H and O–H groups in total. The summed E-state index contributed by atoms with van der Waals surface area (Å²) < 4.78 is 25.1. The minimum absolute atomic E-state index is 0.171. The van der Waals surface area contributed by atoms with E-state index in [1.165, 1.54) is 6.07 Å². The molecule has 0 aliphatic carbocycles. The maximum Gasteiger partial charge on any atom is 0.199 e. The number of anilines is 1. The summed E-state index contributed by atoms with van der Waals surface area (Å²) in [5.41, 5.74) is 1.56. The lowest BCUT2D eigenvalue weighted by Crippen LogP contribution is -2.26. The molecule has 0 spiro atoms. The van der Waals surface area contributed by atoms with Crippen LogP contribution in [0.15, 0.2) is 12.1 Å². The number of halogens is 1. The van der Waals surface area contributed by atoms with Gasteiger partial charge in [0.1, 0.15) is 11.6 Å². The van der Waals surface area contributed by atoms with Crippen molar-refractivity contribution in [3.8, 4) is 5.75 Å². The molecule has 1 atom stereocenters. The third kappa shape index (κ3) is 2.29. The molecule has 0 radical (unpaired) electrons. The van der Waals surface area contributed by atoms with Gasteiger partial charge in [0.25, 0.3) is 0 Å². The molecule has 3 rings (SSSR count). The maximum absolute atomic E-state index is 13.7. The summed E-state index contributed by atoms with van der Waals surface area (Å²) in [5.74, 6) is 0.576. The zero-order chi connectivity index (χ0) is 12.4. The van der Waals surface area contributed by atoms with Crippen molar-refractivity contribution in [1.29, 1.82) is 0 Å². The monoisotopic (exact) mass is 251 g/mol. The van der Waals surface area contributed by atoms with E-state index in [0.717, 1.165) is 56.6 Å². The van der Waals surface area contributed by atoms with Crippen molar-refractivity contribution < 1.29 is 13.9 Å². The second-order valence-electron chi connectivity index (χ2n) is 4.84. The first-order chi connectivity index (χ1) is 8.84. The summed E-state index contributed by atoms with van der Waals surface area (Å²) in [6, 6.07) is 3.19. The summed E-state index contributed by atoms with van der Waals surface area (Å²) in [5, 5.41) is 3.11. The highest BCUT2D eigenvalue weighted by Gasteiger charge is 2.21. The number of benzene rings is 1. The first-order valence-corrected chi connectivity index (χ1v) is 6.68. The van der Waals surface area contributed by atoms with Gasteiger partial charge in [-0.15, -0.1) is 0 Å². The summed E-state index contributed by atoms with van der Waals surface area (Å²) >= 11 is 0. The highest BCUT2D eigenvalue weighted by Crippen LogP contribution is 2.34. The molecule has 1 aromatic carbocycles. The molecule has 2 heterocycles. The molecule has 2 aliphatic heterocycles. The van der Waals surface area contributed by atoms with Crippen molar-refractivity contribution in [2.24, 2.45) is 0 Å². The van der Waals surface area contributed by atoms with Gasteiger partial charge in [0.05, 0.1) is 12.3 Å². The summed E-state index contributed by atoms with van der Waals surface area (Å²) in [6.07, 6.45) is 4.85. The number of nitrogens with one attached hydrogen (secondary N) is 1. The van der Waals surface area contributed by atoms with Gasteiger partial charge in [0.15, 0.2) is 6.29 Å². The molecule has 1 saturated heterocycles. The van der Waals surface area contributed by atoms with Gasteiger partial charge in [0.2, 0.25) is 0 Å². The number of fused-ring (bicyclic) bond motifs is 1. The molecule has 0 saturated carbocycles. The second-order valence-corrected chi connectivity index (χ2v) is 4.84. The van der Waals surface area contributed by atoms with Gasteiger partial charge in [0, 0.05) is 18.5 Å². The molecule has 0 aromatic heterocycles. The Kier molecular flexibility index (Phi) is 3.37. The van der Waals surface area contributed by atoms with E-state index in [0.29, 0.717) is 5.69 Å². The second kappa shape index (κ2) is 5.14. The van der Waals surface area contributed by atoms with Gasteiger partial charge < -0.3 is 14.8 Å². The topological polar surface area (TPSA) is 30.5 Å². The predicted octanol–water partition coefficient (Wildman–Crippen LogP) is 3.09. The molecule has 1 fully saturated rings. The molecule has 98 valence electrons. The Morgan fingerprint density at radius 3 is 3.06 bits per heavy atom. The molecule has 3 nitrogen and oxygen atoms in total. The molecule has 4 heteroatoms. The quantitative estimate of drug-likeness (QED) is 0.876. The van der Waals surface area contributed by atoms with E-state index in [2.05, 4.69) is 5.32 Å². The van der Waals surface area contributed by atoms with Crippen LogP contribution < -0.4 is 10.1 Å². The van der Waals surface area contributed by atoms with Crippen molar-refractivity contribution in [2.75, 3.05) is 18.5 Å². The molecule has 0 amide bonds. The van der Waals surface area contributed by atoms with Gasteiger partial charge in [-0.1, -0.05) is 0 Å². The fourth-order valence-electron chi connectivity index (χ4n) is 2.57. The van der Waals surface area contributed by atoms with Crippen LogP contribution in [0.2, 0.25) is 0 Å². The van der Waals surface area contributed by atoms with Crippen molar-refractivity contribution in [3.05, 3.63) is 23.5 Å². The predicted molar refractivity (Wildman–Crippen MR) is 67.4 cm³/mol. The maximum atomic E-state index is 13.7. The van der Waals surface area contributed by atoms with Gasteiger partial charge in [-0.3, -0.25) is 0 Å². The van der Waals surface area contributed by atoms with Crippen molar-refractivity contribution >= 4 is 5.69 Å². The average Bonchev–Trinajstić information content (AvgIpc) is 2.44. The van der Waals surface area contributed by atoms with Crippen LogP contribution in [0, 0.1) is 5.82 Å². The fourth-order valence-corrected chi connectivity index (χ4v) is 2.57. The van der Waals surface area contributed by atoms with Crippen molar-refractivity contribution in [2.45, 2.75) is 38.4 Å². The standard InChI is InChI=1S/C14H18FNO2/c15-11-6-7-12(10-4-3-8-16-14(10)11)18-13-5-1-2-9-17-13/h6-7,13,16H,1-5,8-9H2. The lowest BCUT2D eigenvalue weighted by atomic mass is 10.0. The van der Waals surface area contributed by atoms with Gasteiger partial charge in [-0.2, -0.15) is 0 Å². The van der Waals surface area contributed by atoms with E-state index in [-0.39, 0.29) is 12.1 Å². The van der Waals surface area contributed by atoms with E-state index in [4.69, 9.17) is 9.47 Å². The van der Waals surface area contributed by atoms with Crippen LogP contribution in [0.1, 0.15) is 31.2 Å². The summed E-state index contributed by atoms with van der Waals surface area (Å²) in [7, 11) is 0. The van der Waals surface area contributed by atoms with Gasteiger partial charge >= 0.3 is 0 Å². The van der Waals surface area contributed by atoms with Crippen LogP contribution in [0.3, 0.4) is 0 Å². The number of rotatable bonds is 2. The lowest BCUT2D eigenvalue weighted by Gasteiger charge is -2.27. The minimum atomic E-state index is -0.193. The Balaban J connectivity index is 1.82. The zero-order valence-corrected chi connectivity index (χ0v) is 10.4. The van der Waals surface area contributed by atoms with Crippen LogP contribution in [-0.4, -0.2) is 19.4 Å². The van der Waals surface area contributed by atoms with Crippen LogP contribution in [-0.2, 0) is 11.2 Å². The summed E-state index contributed by atoms with van der Waals surface area (Å²) in [6.45, 7) is 1.58. The molecular weight excluding hydrogens is 233 g/mol. The van der Waals surface area contributed by atoms with E-state index in [1.54, 1.807) is 6.07 Å².